The molecule has 1 saturated heterocycles. The van der Waals surface area contributed by atoms with E-state index in [0.717, 1.165) is 22.3 Å². The monoisotopic (exact) mass is 614 g/mol. The molecule has 0 aromatic rings. The Morgan fingerprint density at radius 2 is 1.33 bits per heavy atom. The fourth-order valence-electron chi connectivity index (χ4n) is 7.07. The molecule has 0 bridgehead atoms. The maximum absolute atomic E-state index is 10.9. The normalized spacial score (nSPS) is 33.7. The van der Waals surface area contributed by atoms with Crippen molar-refractivity contribution in [3.05, 3.63) is 100 Å². The molecule has 0 radical (unpaired) electrons. The Labute approximate surface area is 271 Å². The number of hydrogen-bond donors (Lipinski definition) is 4. The smallest absolute Gasteiger partial charge is 0.163 e. The molecule has 45 heavy (non-hydrogen) atoms. The molecule has 5 atom stereocenters. The molecular weight excluding hydrogens is 560 g/mol. The lowest BCUT2D eigenvalue weighted by atomic mass is 9.63. The molecule has 1 aliphatic heterocycles. The van der Waals surface area contributed by atoms with E-state index in [9.17, 15) is 20.4 Å². The lowest BCUT2D eigenvalue weighted by molar-refractivity contribution is -0.0268. The van der Waals surface area contributed by atoms with Gasteiger partial charge in [0.25, 0.3) is 0 Å². The third-order valence-corrected chi connectivity index (χ3v) is 9.22. The third kappa shape index (κ3) is 9.08. The molecule has 0 amide bonds. The summed E-state index contributed by atoms with van der Waals surface area (Å²) in [6.07, 6.45) is 23.0. The topological polar surface area (TPSA) is 93.5 Å². The summed E-state index contributed by atoms with van der Waals surface area (Å²) in [5.74, 6) is 6.44. The zero-order chi connectivity index (χ0) is 33.7. The Hall–Kier alpha value is -2.94. The van der Waals surface area contributed by atoms with Gasteiger partial charge in [0.1, 0.15) is 5.60 Å². The van der Waals surface area contributed by atoms with Gasteiger partial charge in [-0.1, -0.05) is 105 Å². The van der Waals surface area contributed by atoms with Crippen molar-refractivity contribution in [3.8, 4) is 11.8 Å². The van der Waals surface area contributed by atoms with Crippen molar-refractivity contribution in [2.45, 2.75) is 117 Å². The van der Waals surface area contributed by atoms with E-state index in [4.69, 9.17) is 4.74 Å². The van der Waals surface area contributed by atoms with Crippen molar-refractivity contribution in [3.63, 3.8) is 0 Å². The molecule has 5 heteroatoms. The lowest BCUT2D eigenvalue weighted by Gasteiger charge is -2.43. The Kier molecular flexibility index (Phi) is 11.5. The van der Waals surface area contributed by atoms with Crippen LogP contribution in [0, 0.1) is 22.7 Å². The molecule has 3 rings (SSSR count). The van der Waals surface area contributed by atoms with Gasteiger partial charge in [0.15, 0.2) is 5.60 Å². The summed E-state index contributed by atoms with van der Waals surface area (Å²) in [7, 11) is 0. The van der Waals surface area contributed by atoms with Gasteiger partial charge in [-0.3, -0.25) is 0 Å². The minimum absolute atomic E-state index is 0.151. The number of epoxide rings is 1. The van der Waals surface area contributed by atoms with Crippen molar-refractivity contribution in [2.24, 2.45) is 10.8 Å². The summed E-state index contributed by atoms with van der Waals surface area (Å²) < 4.78 is 6.12. The fourth-order valence-corrected chi connectivity index (χ4v) is 7.07. The van der Waals surface area contributed by atoms with E-state index in [1.54, 1.807) is 6.92 Å². The van der Waals surface area contributed by atoms with Crippen molar-refractivity contribution in [2.75, 3.05) is 6.61 Å². The number of aliphatic hydroxyl groups excluding tert-OH is 3. The SMILES string of the molecule is CC(C=C=C1C(C)(C)CC(O)CC1(C)O)=CC=CC(C)=CC=CC=C(C)C=CC=C(C#CC12OC1(C)CC(O)CC2(C)C)CO. The summed E-state index contributed by atoms with van der Waals surface area (Å²) in [4.78, 5) is 0. The number of fused-ring (bicyclic) bond motifs is 1. The maximum Gasteiger partial charge on any atom is 0.163 e. The van der Waals surface area contributed by atoms with Crippen LogP contribution in [0.1, 0.15) is 88.0 Å². The van der Waals surface area contributed by atoms with E-state index in [0.29, 0.717) is 31.3 Å². The average molecular weight is 615 g/mol. The molecule has 2 saturated carbocycles. The van der Waals surface area contributed by atoms with Crippen molar-refractivity contribution in [1.29, 1.82) is 0 Å². The highest BCUT2D eigenvalue weighted by Crippen LogP contribution is 2.64. The van der Waals surface area contributed by atoms with Gasteiger partial charge in [0.2, 0.25) is 0 Å². The van der Waals surface area contributed by atoms with Crippen LogP contribution in [-0.4, -0.2) is 56.0 Å². The quantitative estimate of drug-likeness (QED) is 0.101. The molecule has 5 unspecified atom stereocenters. The Morgan fingerprint density at radius 1 is 0.778 bits per heavy atom. The van der Waals surface area contributed by atoms with Gasteiger partial charge < -0.3 is 25.2 Å². The maximum atomic E-state index is 10.9. The molecule has 0 aromatic carbocycles. The first-order valence-electron chi connectivity index (χ1n) is 16.0. The van der Waals surface area contributed by atoms with E-state index >= 15 is 0 Å². The van der Waals surface area contributed by atoms with Gasteiger partial charge in [-0.15, -0.1) is 5.73 Å². The summed E-state index contributed by atoms with van der Waals surface area (Å²) in [6.45, 7) is 17.9. The summed E-state index contributed by atoms with van der Waals surface area (Å²) in [5, 5.41) is 41.1. The van der Waals surface area contributed by atoms with Crippen LogP contribution in [0.2, 0.25) is 0 Å². The summed E-state index contributed by atoms with van der Waals surface area (Å²) >= 11 is 0. The van der Waals surface area contributed by atoms with Gasteiger partial charge >= 0.3 is 0 Å². The zero-order valence-corrected chi connectivity index (χ0v) is 28.7. The standard InChI is InChI=1S/C40H54O5/c1-29(16-12-17-31(3)20-21-35-36(4,5)24-33(42)26-38(35,8)44)14-10-11-15-30(2)18-13-19-32(28-41)22-23-40-37(6,7)25-34(43)27-39(40,9)45-40/h10-20,33-34,41-44H,24-28H2,1-9H3. The molecule has 1 heterocycles. The number of aliphatic hydroxyl groups is 4. The first kappa shape index (κ1) is 36.5. The predicted molar refractivity (Wildman–Crippen MR) is 184 cm³/mol. The number of hydrogen-bond acceptors (Lipinski definition) is 5. The minimum atomic E-state index is -1.07. The van der Waals surface area contributed by atoms with Gasteiger partial charge in [-0.2, -0.15) is 0 Å². The second-order valence-corrected chi connectivity index (χ2v) is 14.8. The number of allylic oxidation sites excluding steroid dienone is 13. The highest BCUT2D eigenvalue weighted by molar-refractivity contribution is 5.44. The van der Waals surface area contributed by atoms with Gasteiger partial charge in [0.05, 0.1) is 24.4 Å². The van der Waals surface area contributed by atoms with Crippen molar-refractivity contribution in [1.82, 2.24) is 0 Å². The van der Waals surface area contributed by atoms with E-state index in [1.807, 2.05) is 108 Å². The predicted octanol–water partition coefficient (Wildman–Crippen LogP) is 7.14. The second-order valence-electron chi connectivity index (χ2n) is 14.8. The van der Waals surface area contributed by atoms with Crippen LogP contribution in [0.3, 0.4) is 0 Å². The zero-order valence-electron chi connectivity index (χ0n) is 28.7. The second kappa shape index (κ2) is 14.2. The molecular formula is C40H54O5. The van der Waals surface area contributed by atoms with Crippen LogP contribution < -0.4 is 0 Å². The largest absolute Gasteiger partial charge is 0.393 e. The number of rotatable bonds is 8. The van der Waals surface area contributed by atoms with Crippen LogP contribution in [-0.2, 0) is 4.74 Å². The Bertz CT molecular complexity index is 1430. The first-order valence-corrected chi connectivity index (χ1v) is 16.0. The van der Waals surface area contributed by atoms with Crippen LogP contribution in [0.15, 0.2) is 100 Å². The average Bonchev–Trinajstić information content (AvgIpc) is 3.52. The molecule has 244 valence electrons. The summed E-state index contributed by atoms with van der Waals surface area (Å²) in [6, 6.07) is 0. The molecule has 3 fully saturated rings. The molecule has 2 aliphatic carbocycles. The van der Waals surface area contributed by atoms with E-state index in [-0.39, 0.29) is 23.5 Å². The van der Waals surface area contributed by atoms with Crippen LogP contribution >= 0.6 is 0 Å². The first-order chi connectivity index (χ1) is 20.9. The Morgan fingerprint density at radius 3 is 1.89 bits per heavy atom. The van der Waals surface area contributed by atoms with Crippen molar-refractivity contribution < 1.29 is 25.2 Å². The van der Waals surface area contributed by atoms with Crippen LogP contribution in [0.5, 0.6) is 0 Å². The highest BCUT2D eigenvalue weighted by Gasteiger charge is 2.75. The van der Waals surface area contributed by atoms with Crippen LogP contribution in [0.4, 0.5) is 0 Å². The number of ether oxygens (including phenoxy) is 1. The van der Waals surface area contributed by atoms with Gasteiger partial charge in [-0.05, 0) is 70.6 Å². The lowest BCUT2D eigenvalue weighted by Crippen LogP contribution is -2.46. The molecule has 0 aromatic heterocycles. The van der Waals surface area contributed by atoms with E-state index < -0.39 is 22.9 Å². The molecule has 4 N–H and O–H groups in total. The highest BCUT2D eigenvalue weighted by atomic mass is 16.6. The van der Waals surface area contributed by atoms with Gasteiger partial charge in [-0.25, -0.2) is 0 Å². The van der Waals surface area contributed by atoms with E-state index in [1.165, 1.54) is 0 Å². The minimum Gasteiger partial charge on any atom is -0.393 e. The third-order valence-electron chi connectivity index (χ3n) is 9.22. The molecule has 5 nitrogen and oxygen atoms in total. The summed E-state index contributed by atoms with van der Waals surface area (Å²) in [5.41, 5.74) is 5.26. The van der Waals surface area contributed by atoms with Gasteiger partial charge in [0, 0.05) is 29.4 Å². The van der Waals surface area contributed by atoms with Crippen LogP contribution in [0.25, 0.3) is 0 Å². The fraction of sp³-hybridized carbons (Fsp3) is 0.525. The Balaban J connectivity index is 1.57. The van der Waals surface area contributed by atoms with Crippen molar-refractivity contribution >= 4 is 0 Å². The molecule has 3 aliphatic rings. The molecule has 0 spiro atoms. The van der Waals surface area contributed by atoms with E-state index in [2.05, 4.69) is 31.4 Å².